The van der Waals surface area contributed by atoms with Crippen molar-refractivity contribution in [3.8, 4) is 6.07 Å². The van der Waals surface area contributed by atoms with E-state index in [9.17, 15) is 0 Å². The zero-order chi connectivity index (χ0) is 11.4. The highest BCUT2D eigenvalue weighted by molar-refractivity contribution is 5.91. The Kier molecular flexibility index (Phi) is 3.36. The van der Waals surface area contributed by atoms with Crippen LogP contribution in [0.2, 0.25) is 0 Å². The third kappa shape index (κ3) is 2.49. The van der Waals surface area contributed by atoms with Gasteiger partial charge in [0.15, 0.2) is 0 Å². The van der Waals surface area contributed by atoms with Gasteiger partial charge in [-0.05, 0) is 43.9 Å². The van der Waals surface area contributed by atoms with E-state index in [2.05, 4.69) is 30.1 Å². The smallest absolute Gasteiger partial charge is 0.0845 e. The number of benzene rings is 1. The molecule has 1 unspecified atom stereocenters. The third-order valence-electron chi connectivity index (χ3n) is 3.01. The third-order valence-corrected chi connectivity index (χ3v) is 3.01. The summed E-state index contributed by atoms with van der Waals surface area (Å²) in [5.41, 5.74) is 3.27. The van der Waals surface area contributed by atoms with Crippen molar-refractivity contribution in [1.82, 2.24) is 0 Å². The Labute approximate surface area is 96.6 Å². The van der Waals surface area contributed by atoms with Gasteiger partial charge >= 0.3 is 0 Å². The number of hydrogen-bond donors (Lipinski definition) is 0. The summed E-state index contributed by atoms with van der Waals surface area (Å²) in [6, 6.07) is 10.5. The molecule has 0 bridgehead atoms. The lowest BCUT2D eigenvalue weighted by Gasteiger charge is -2.18. The number of nitrogens with zero attached hydrogens (tertiary/aromatic N) is 2. The molecule has 82 valence electrons. The lowest BCUT2D eigenvalue weighted by molar-refractivity contribution is 0.601. The van der Waals surface area contributed by atoms with Crippen LogP contribution in [0.1, 0.15) is 31.2 Å². The summed E-state index contributed by atoms with van der Waals surface area (Å²) in [6.07, 6.45) is 4.28. The van der Waals surface area contributed by atoms with E-state index >= 15 is 0 Å². The Bertz CT molecular complexity index is 440. The Morgan fingerprint density at radius 2 is 2.25 bits per heavy atom. The van der Waals surface area contributed by atoms with Crippen molar-refractivity contribution in [2.45, 2.75) is 32.6 Å². The summed E-state index contributed by atoms with van der Waals surface area (Å²) in [7, 11) is 0. The highest BCUT2D eigenvalue weighted by atomic mass is 14.8. The van der Waals surface area contributed by atoms with Gasteiger partial charge in [0.2, 0.25) is 0 Å². The van der Waals surface area contributed by atoms with E-state index in [-0.39, 0.29) is 5.92 Å². The van der Waals surface area contributed by atoms with Crippen molar-refractivity contribution >= 4 is 11.4 Å². The molecule has 0 spiro atoms. The van der Waals surface area contributed by atoms with Gasteiger partial charge in [-0.2, -0.15) is 5.26 Å². The molecular weight excluding hydrogens is 196 g/mol. The van der Waals surface area contributed by atoms with Gasteiger partial charge in [-0.15, -0.1) is 0 Å². The standard InChI is InChI=1S/C14H16N2/c1-11-5-4-7-13(9-11)16-14-8-3-2-6-12(14)10-15/h4-5,7,9,12H,2-3,6,8H2,1H3. The summed E-state index contributed by atoms with van der Waals surface area (Å²) >= 11 is 0. The Balaban J connectivity index is 2.25. The van der Waals surface area contributed by atoms with Crippen LogP contribution in [0.5, 0.6) is 0 Å². The van der Waals surface area contributed by atoms with Gasteiger partial charge in [0.1, 0.15) is 0 Å². The van der Waals surface area contributed by atoms with Crippen molar-refractivity contribution < 1.29 is 0 Å². The minimum Gasteiger partial charge on any atom is -0.256 e. The molecule has 1 aliphatic rings. The monoisotopic (exact) mass is 212 g/mol. The van der Waals surface area contributed by atoms with Crippen LogP contribution in [0.25, 0.3) is 0 Å². The number of hydrogen-bond acceptors (Lipinski definition) is 2. The quantitative estimate of drug-likeness (QED) is 0.697. The SMILES string of the molecule is Cc1cccc(N=C2CCCCC2C#N)c1. The Morgan fingerprint density at radius 3 is 3.00 bits per heavy atom. The summed E-state index contributed by atoms with van der Waals surface area (Å²) in [6.45, 7) is 2.06. The van der Waals surface area contributed by atoms with Gasteiger partial charge in [-0.3, -0.25) is 4.99 Å². The lowest BCUT2D eigenvalue weighted by Crippen LogP contribution is -2.17. The highest BCUT2D eigenvalue weighted by Gasteiger charge is 2.19. The molecule has 1 fully saturated rings. The van der Waals surface area contributed by atoms with Crippen LogP contribution in [-0.4, -0.2) is 5.71 Å². The van der Waals surface area contributed by atoms with Crippen molar-refractivity contribution in [2.24, 2.45) is 10.9 Å². The summed E-state index contributed by atoms with van der Waals surface area (Å²) in [5.74, 6) is 0.0364. The first-order chi connectivity index (χ1) is 7.79. The maximum Gasteiger partial charge on any atom is 0.0845 e. The summed E-state index contributed by atoms with van der Waals surface area (Å²) in [4.78, 5) is 4.63. The van der Waals surface area contributed by atoms with E-state index in [1.165, 1.54) is 12.0 Å². The molecule has 1 saturated carbocycles. The summed E-state index contributed by atoms with van der Waals surface area (Å²) in [5, 5.41) is 9.06. The predicted molar refractivity (Wildman–Crippen MR) is 65.8 cm³/mol. The van der Waals surface area contributed by atoms with Crippen molar-refractivity contribution in [3.63, 3.8) is 0 Å². The first-order valence-electron chi connectivity index (χ1n) is 5.83. The molecule has 0 saturated heterocycles. The van der Waals surface area contributed by atoms with Crippen LogP contribution in [0, 0.1) is 24.2 Å². The van der Waals surface area contributed by atoms with Crippen LogP contribution >= 0.6 is 0 Å². The van der Waals surface area contributed by atoms with Gasteiger partial charge in [0.05, 0.1) is 17.7 Å². The normalized spacial score (nSPS) is 23.0. The average Bonchev–Trinajstić information content (AvgIpc) is 2.30. The molecule has 1 aliphatic carbocycles. The first kappa shape index (κ1) is 10.9. The molecule has 1 aromatic rings. The van der Waals surface area contributed by atoms with Crippen LogP contribution in [0.3, 0.4) is 0 Å². The first-order valence-corrected chi connectivity index (χ1v) is 5.83. The summed E-state index contributed by atoms with van der Waals surface area (Å²) < 4.78 is 0. The second-order valence-corrected chi connectivity index (χ2v) is 4.37. The van der Waals surface area contributed by atoms with Gasteiger partial charge in [0.25, 0.3) is 0 Å². The van der Waals surface area contributed by atoms with Gasteiger partial charge in [-0.25, -0.2) is 0 Å². The fourth-order valence-electron chi connectivity index (χ4n) is 2.13. The lowest BCUT2D eigenvalue weighted by atomic mass is 9.88. The van der Waals surface area contributed by atoms with Crippen molar-refractivity contribution in [3.05, 3.63) is 29.8 Å². The van der Waals surface area contributed by atoms with E-state index in [1.54, 1.807) is 0 Å². The van der Waals surface area contributed by atoms with E-state index < -0.39 is 0 Å². The zero-order valence-electron chi connectivity index (χ0n) is 9.61. The number of rotatable bonds is 1. The predicted octanol–water partition coefficient (Wildman–Crippen LogP) is 3.78. The van der Waals surface area contributed by atoms with E-state index in [0.717, 1.165) is 30.7 Å². The fourth-order valence-corrected chi connectivity index (χ4v) is 2.13. The fraction of sp³-hybridized carbons (Fsp3) is 0.429. The number of aliphatic imine (C=N–C) groups is 1. The van der Waals surface area contributed by atoms with E-state index in [4.69, 9.17) is 5.26 Å². The van der Waals surface area contributed by atoms with Gasteiger partial charge in [-0.1, -0.05) is 18.6 Å². The average molecular weight is 212 g/mol. The highest BCUT2D eigenvalue weighted by Crippen LogP contribution is 2.24. The molecule has 0 radical (unpaired) electrons. The molecule has 1 aromatic carbocycles. The van der Waals surface area contributed by atoms with E-state index in [0.29, 0.717) is 0 Å². The Morgan fingerprint density at radius 1 is 1.38 bits per heavy atom. The van der Waals surface area contributed by atoms with Crippen molar-refractivity contribution in [1.29, 1.82) is 5.26 Å². The minimum atomic E-state index is 0.0364. The molecular formula is C14H16N2. The van der Waals surface area contributed by atoms with Crippen LogP contribution in [0.15, 0.2) is 29.3 Å². The minimum absolute atomic E-state index is 0.0364. The van der Waals surface area contributed by atoms with Gasteiger partial charge in [0, 0.05) is 5.71 Å². The molecule has 16 heavy (non-hydrogen) atoms. The molecule has 1 atom stereocenters. The zero-order valence-corrected chi connectivity index (χ0v) is 9.61. The second kappa shape index (κ2) is 4.94. The molecule has 2 heteroatoms. The largest absolute Gasteiger partial charge is 0.256 e. The number of aryl methyl sites for hydroxylation is 1. The molecule has 2 nitrogen and oxygen atoms in total. The maximum absolute atomic E-state index is 9.06. The second-order valence-electron chi connectivity index (χ2n) is 4.37. The topological polar surface area (TPSA) is 36.1 Å². The van der Waals surface area contributed by atoms with Crippen molar-refractivity contribution in [2.75, 3.05) is 0 Å². The molecule has 0 N–H and O–H groups in total. The van der Waals surface area contributed by atoms with Crippen LogP contribution in [0.4, 0.5) is 5.69 Å². The Hall–Kier alpha value is -1.62. The molecule has 2 rings (SSSR count). The molecule has 0 aromatic heterocycles. The molecule has 0 heterocycles. The van der Waals surface area contributed by atoms with E-state index in [1.807, 2.05) is 12.1 Å². The molecule has 0 amide bonds. The number of nitriles is 1. The molecule has 0 aliphatic heterocycles. The van der Waals surface area contributed by atoms with Gasteiger partial charge < -0.3 is 0 Å². The van der Waals surface area contributed by atoms with Crippen LogP contribution < -0.4 is 0 Å². The van der Waals surface area contributed by atoms with Crippen LogP contribution in [-0.2, 0) is 0 Å². The maximum atomic E-state index is 9.06.